The summed E-state index contributed by atoms with van der Waals surface area (Å²) >= 11 is 0. The Morgan fingerprint density at radius 1 is 1.50 bits per heavy atom. The van der Waals surface area contributed by atoms with Crippen LogP contribution in [-0.4, -0.2) is 18.2 Å². The van der Waals surface area contributed by atoms with E-state index in [1.807, 2.05) is 13.8 Å². The van der Waals surface area contributed by atoms with Gasteiger partial charge in [-0.05, 0) is 36.6 Å². The van der Waals surface area contributed by atoms with Crippen molar-refractivity contribution >= 4 is 5.97 Å². The topological polar surface area (TPSA) is 46.5 Å². The van der Waals surface area contributed by atoms with E-state index in [2.05, 4.69) is 4.74 Å². The van der Waals surface area contributed by atoms with E-state index in [9.17, 15) is 9.90 Å². The van der Waals surface area contributed by atoms with Gasteiger partial charge in [0.15, 0.2) is 0 Å². The maximum atomic E-state index is 11.3. The maximum absolute atomic E-state index is 11.3. The lowest BCUT2D eigenvalue weighted by Crippen LogP contribution is -2.05. The van der Waals surface area contributed by atoms with Crippen molar-refractivity contribution in [1.82, 2.24) is 0 Å². The molecular weight excluding hydrogens is 204 g/mol. The van der Waals surface area contributed by atoms with E-state index in [1.165, 1.54) is 7.11 Å². The highest BCUT2D eigenvalue weighted by Gasteiger charge is 2.12. The van der Waals surface area contributed by atoms with Crippen molar-refractivity contribution in [2.75, 3.05) is 7.11 Å². The van der Waals surface area contributed by atoms with E-state index in [0.717, 1.165) is 24.0 Å². The van der Waals surface area contributed by atoms with E-state index < -0.39 is 6.10 Å². The van der Waals surface area contributed by atoms with E-state index in [0.29, 0.717) is 5.56 Å². The summed E-state index contributed by atoms with van der Waals surface area (Å²) in [6.45, 7) is 3.92. The quantitative estimate of drug-likeness (QED) is 0.796. The Balaban J connectivity index is 2.95. The first-order chi connectivity index (χ1) is 7.60. The van der Waals surface area contributed by atoms with Gasteiger partial charge in [0.25, 0.3) is 0 Å². The van der Waals surface area contributed by atoms with Crippen LogP contribution >= 0.6 is 0 Å². The van der Waals surface area contributed by atoms with Gasteiger partial charge in [0, 0.05) is 0 Å². The third-order valence-corrected chi connectivity index (χ3v) is 2.61. The number of hydrogen-bond acceptors (Lipinski definition) is 3. The molecule has 0 unspecified atom stereocenters. The molecule has 0 saturated heterocycles. The lowest BCUT2D eigenvalue weighted by Gasteiger charge is -2.13. The second kappa shape index (κ2) is 5.66. The number of hydrogen-bond donors (Lipinski definition) is 1. The fraction of sp³-hybridized carbons (Fsp3) is 0.462. The van der Waals surface area contributed by atoms with Crippen molar-refractivity contribution in [2.24, 2.45) is 0 Å². The summed E-state index contributed by atoms with van der Waals surface area (Å²) in [6, 6.07) is 5.23. The number of esters is 1. The van der Waals surface area contributed by atoms with Gasteiger partial charge in [-0.1, -0.05) is 19.4 Å². The van der Waals surface area contributed by atoms with Crippen LogP contribution < -0.4 is 0 Å². The number of rotatable bonds is 4. The number of carbonyl (C=O) groups is 1. The van der Waals surface area contributed by atoms with Crippen molar-refractivity contribution in [2.45, 2.75) is 32.8 Å². The molecular formula is C13H18O3. The predicted molar refractivity (Wildman–Crippen MR) is 62.4 cm³/mol. The Bertz CT molecular complexity index is 371. The zero-order valence-electron chi connectivity index (χ0n) is 9.99. The molecule has 1 aromatic rings. The average Bonchev–Trinajstić information content (AvgIpc) is 2.28. The van der Waals surface area contributed by atoms with Gasteiger partial charge in [-0.2, -0.15) is 0 Å². The number of ether oxygens (including phenoxy) is 1. The lowest BCUT2D eigenvalue weighted by molar-refractivity contribution is 0.0600. The molecule has 3 heteroatoms. The Kier molecular flexibility index (Phi) is 4.50. The van der Waals surface area contributed by atoms with Crippen molar-refractivity contribution < 1.29 is 14.6 Å². The van der Waals surface area contributed by atoms with Crippen LogP contribution in [-0.2, 0) is 4.74 Å². The van der Waals surface area contributed by atoms with Crippen LogP contribution in [0.5, 0.6) is 0 Å². The molecule has 0 spiro atoms. The highest BCUT2D eigenvalue weighted by atomic mass is 16.5. The van der Waals surface area contributed by atoms with Crippen molar-refractivity contribution in [3.8, 4) is 0 Å². The molecule has 3 nitrogen and oxygen atoms in total. The fourth-order valence-corrected chi connectivity index (χ4v) is 1.72. The molecule has 0 fully saturated rings. The van der Waals surface area contributed by atoms with Crippen LogP contribution in [0.4, 0.5) is 0 Å². The fourth-order valence-electron chi connectivity index (χ4n) is 1.72. The minimum atomic E-state index is -0.448. The summed E-state index contributed by atoms with van der Waals surface area (Å²) in [5, 5.41) is 9.87. The van der Waals surface area contributed by atoms with E-state index in [-0.39, 0.29) is 5.97 Å². The second-order valence-corrected chi connectivity index (χ2v) is 3.87. The van der Waals surface area contributed by atoms with Gasteiger partial charge >= 0.3 is 5.97 Å². The van der Waals surface area contributed by atoms with Gasteiger partial charge in [-0.25, -0.2) is 4.79 Å². The third kappa shape index (κ3) is 2.83. The van der Waals surface area contributed by atoms with Gasteiger partial charge in [-0.15, -0.1) is 0 Å². The maximum Gasteiger partial charge on any atom is 0.337 e. The highest BCUT2D eigenvalue weighted by molar-refractivity contribution is 5.89. The van der Waals surface area contributed by atoms with E-state index in [4.69, 9.17) is 0 Å². The van der Waals surface area contributed by atoms with Gasteiger partial charge in [0.05, 0.1) is 18.8 Å². The standard InChI is InChI=1S/C13H18O3/c1-4-5-12(14)11-7-6-10(8-9(11)2)13(15)16-3/h6-8,12,14H,4-5H2,1-3H3/t12-/m0/s1. The van der Waals surface area contributed by atoms with Crippen molar-refractivity contribution in [3.63, 3.8) is 0 Å². The van der Waals surface area contributed by atoms with Crippen LogP contribution in [0.15, 0.2) is 18.2 Å². The number of aliphatic hydroxyl groups is 1. The van der Waals surface area contributed by atoms with Gasteiger partial charge < -0.3 is 9.84 Å². The summed E-state index contributed by atoms with van der Waals surface area (Å²) in [4.78, 5) is 11.3. The predicted octanol–water partition coefficient (Wildman–Crippen LogP) is 2.62. The average molecular weight is 222 g/mol. The Labute approximate surface area is 96.1 Å². The van der Waals surface area contributed by atoms with E-state index >= 15 is 0 Å². The molecule has 0 radical (unpaired) electrons. The monoisotopic (exact) mass is 222 g/mol. The Morgan fingerprint density at radius 3 is 2.69 bits per heavy atom. The summed E-state index contributed by atoms with van der Waals surface area (Å²) in [5.74, 6) is -0.348. The number of aliphatic hydroxyl groups excluding tert-OH is 1. The van der Waals surface area contributed by atoms with Crippen LogP contribution in [0.2, 0.25) is 0 Å². The number of carbonyl (C=O) groups excluding carboxylic acids is 1. The summed E-state index contributed by atoms with van der Waals surface area (Å²) < 4.78 is 4.64. The van der Waals surface area contributed by atoms with Gasteiger partial charge in [0.2, 0.25) is 0 Å². The normalized spacial score (nSPS) is 12.2. The van der Waals surface area contributed by atoms with Crippen LogP contribution in [0.1, 0.15) is 47.4 Å². The number of aryl methyl sites for hydroxylation is 1. The summed E-state index contributed by atoms with van der Waals surface area (Å²) in [7, 11) is 1.36. The van der Waals surface area contributed by atoms with Crippen molar-refractivity contribution in [3.05, 3.63) is 34.9 Å². The first-order valence-electron chi connectivity index (χ1n) is 5.47. The van der Waals surface area contributed by atoms with Crippen LogP contribution in [0.25, 0.3) is 0 Å². The van der Waals surface area contributed by atoms with Gasteiger partial charge in [-0.3, -0.25) is 0 Å². The van der Waals surface area contributed by atoms with Crippen LogP contribution in [0.3, 0.4) is 0 Å². The molecule has 1 rings (SSSR count). The molecule has 0 aliphatic heterocycles. The first-order valence-corrected chi connectivity index (χ1v) is 5.47. The Morgan fingerprint density at radius 2 is 2.19 bits per heavy atom. The molecule has 0 aliphatic rings. The minimum absolute atomic E-state index is 0.348. The lowest BCUT2D eigenvalue weighted by atomic mass is 9.98. The zero-order valence-corrected chi connectivity index (χ0v) is 9.99. The van der Waals surface area contributed by atoms with Gasteiger partial charge in [0.1, 0.15) is 0 Å². The molecule has 0 heterocycles. The SMILES string of the molecule is CCC[C@H](O)c1ccc(C(=O)OC)cc1C. The molecule has 1 N–H and O–H groups in total. The smallest absolute Gasteiger partial charge is 0.337 e. The summed E-state index contributed by atoms with van der Waals surface area (Å²) in [5.41, 5.74) is 2.32. The van der Waals surface area contributed by atoms with Crippen molar-refractivity contribution in [1.29, 1.82) is 0 Å². The molecule has 16 heavy (non-hydrogen) atoms. The highest BCUT2D eigenvalue weighted by Crippen LogP contribution is 2.22. The largest absolute Gasteiger partial charge is 0.465 e. The molecule has 1 atom stereocenters. The zero-order chi connectivity index (χ0) is 12.1. The molecule has 0 aliphatic carbocycles. The number of methoxy groups -OCH3 is 1. The molecule has 88 valence electrons. The molecule has 0 amide bonds. The molecule has 0 saturated carbocycles. The Hall–Kier alpha value is -1.35. The van der Waals surface area contributed by atoms with Crippen LogP contribution in [0, 0.1) is 6.92 Å². The molecule has 0 bridgehead atoms. The summed E-state index contributed by atoms with van der Waals surface area (Å²) in [6.07, 6.45) is 1.22. The molecule has 1 aromatic carbocycles. The third-order valence-electron chi connectivity index (χ3n) is 2.61. The minimum Gasteiger partial charge on any atom is -0.465 e. The number of benzene rings is 1. The van der Waals surface area contributed by atoms with E-state index in [1.54, 1.807) is 18.2 Å². The first kappa shape index (κ1) is 12.7. The second-order valence-electron chi connectivity index (χ2n) is 3.87. The molecule has 0 aromatic heterocycles.